The fourth-order valence-electron chi connectivity index (χ4n) is 3.20. The highest BCUT2D eigenvalue weighted by molar-refractivity contribution is 7.88. The molecule has 1 amide bonds. The van der Waals surface area contributed by atoms with E-state index in [2.05, 4.69) is 5.32 Å². The lowest BCUT2D eigenvalue weighted by molar-refractivity contribution is -0.120. The SMILES string of the molecule is O=C(Nc1c(Cl)cccc1Cl)C1CCCN(S(=O)(=O)Cc2c(Cl)cccc2Cl)C1. The summed E-state index contributed by atoms with van der Waals surface area (Å²) in [4.78, 5) is 12.7. The maximum Gasteiger partial charge on any atom is 0.228 e. The van der Waals surface area contributed by atoms with Gasteiger partial charge in [-0.2, -0.15) is 0 Å². The van der Waals surface area contributed by atoms with Crippen LogP contribution in [-0.2, 0) is 20.6 Å². The standard InChI is InChI=1S/C19H18Cl4N2O3S/c20-14-5-1-6-15(21)13(14)11-29(27,28)25-9-3-4-12(10-25)19(26)24-18-16(22)7-2-8-17(18)23/h1-2,5-8,12H,3-4,9-11H2,(H,24,26). The third-order valence-electron chi connectivity index (χ3n) is 4.75. The van der Waals surface area contributed by atoms with Crippen LogP contribution in [0.4, 0.5) is 5.69 Å². The van der Waals surface area contributed by atoms with Crippen LogP contribution in [0.2, 0.25) is 20.1 Å². The van der Waals surface area contributed by atoms with Gasteiger partial charge in [0.1, 0.15) is 0 Å². The Bertz CT molecular complexity index is 990. The lowest BCUT2D eigenvalue weighted by atomic mass is 9.98. The predicted molar refractivity (Wildman–Crippen MR) is 118 cm³/mol. The highest BCUT2D eigenvalue weighted by Crippen LogP contribution is 2.32. The average Bonchev–Trinajstić information content (AvgIpc) is 2.68. The summed E-state index contributed by atoms with van der Waals surface area (Å²) in [7, 11) is -3.70. The van der Waals surface area contributed by atoms with Gasteiger partial charge < -0.3 is 5.32 Å². The lowest BCUT2D eigenvalue weighted by Gasteiger charge is -2.31. The first-order valence-electron chi connectivity index (χ1n) is 8.84. The van der Waals surface area contributed by atoms with Crippen LogP contribution in [0, 0.1) is 5.92 Å². The third-order valence-corrected chi connectivity index (χ3v) is 7.86. The van der Waals surface area contributed by atoms with Crippen LogP contribution in [0.5, 0.6) is 0 Å². The van der Waals surface area contributed by atoms with Gasteiger partial charge in [0.05, 0.1) is 27.4 Å². The van der Waals surface area contributed by atoms with Crippen molar-refractivity contribution in [1.29, 1.82) is 0 Å². The van der Waals surface area contributed by atoms with Crippen LogP contribution < -0.4 is 5.32 Å². The molecule has 10 heteroatoms. The van der Waals surface area contributed by atoms with Gasteiger partial charge in [-0.15, -0.1) is 0 Å². The molecular formula is C19H18Cl4N2O3S. The van der Waals surface area contributed by atoms with E-state index in [0.29, 0.717) is 50.7 Å². The quantitative estimate of drug-likeness (QED) is 0.597. The molecule has 1 unspecified atom stereocenters. The van der Waals surface area contributed by atoms with Gasteiger partial charge in [-0.25, -0.2) is 12.7 Å². The molecule has 1 aliphatic heterocycles. The number of halogens is 4. The number of carbonyl (C=O) groups excluding carboxylic acids is 1. The molecule has 156 valence electrons. The number of amides is 1. The number of para-hydroxylation sites is 1. The number of benzene rings is 2. The van der Waals surface area contributed by atoms with Crippen molar-refractivity contribution < 1.29 is 13.2 Å². The zero-order valence-corrected chi connectivity index (χ0v) is 19.0. The summed E-state index contributed by atoms with van der Waals surface area (Å²) in [5, 5.41) is 3.94. The van der Waals surface area contributed by atoms with E-state index in [9.17, 15) is 13.2 Å². The maximum atomic E-state index is 12.9. The van der Waals surface area contributed by atoms with Crippen molar-refractivity contribution in [2.75, 3.05) is 18.4 Å². The highest BCUT2D eigenvalue weighted by atomic mass is 35.5. The highest BCUT2D eigenvalue weighted by Gasteiger charge is 2.33. The second-order valence-electron chi connectivity index (χ2n) is 6.74. The van der Waals surface area contributed by atoms with E-state index >= 15 is 0 Å². The molecule has 1 atom stereocenters. The molecule has 0 aromatic heterocycles. The molecule has 2 aromatic carbocycles. The molecule has 1 saturated heterocycles. The largest absolute Gasteiger partial charge is 0.323 e. The molecule has 2 aromatic rings. The van der Waals surface area contributed by atoms with Gasteiger partial charge in [-0.05, 0) is 37.1 Å². The maximum absolute atomic E-state index is 12.9. The third kappa shape index (κ3) is 5.37. The van der Waals surface area contributed by atoms with E-state index in [0.717, 1.165) is 0 Å². The average molecular weight is 496 g/mol. The molecule has 29 heavy (non-hydrogen) atoms. The molecule has 3 rings (SSSR count). The Hall–Kier alpha value is -1.02. The van der Waals surface area contributed by atoms with E-state index in [1.807, 2.05) is 0 Å². The van der Waals surface area contributed by atoms with E-state index in [-0.39, 0.29) is 18.2 Å². The molecule has 0 spiro atoms. The Morgan fingerprint density at radius 1 is 1.00 bits per heavy atom. The zero-order chi connectivity index (χ0) is 21.2. The van der Waals surface area contributed by atoms with Crippen LogP contribution >= 0.6 is 46.4 Å². The molecule has 0 aliphatic carbocycles. The van der Waals surface area contributed by atoms with Crippen LogP contribution in [0.15, 0.2) is 36.4 Å². The summed E-state index contributed by atoms with van der Waals surface area (Å²) in [5.41, 5.74) is 0.675. The fraction of sp³-hybridized carbons (Fsp3) is 0.316. The molecule has 0 saturated carbocycles. The van der Waals surface area contributed by atoms with E-state index < -0.39 is 15.9 Å². The number of nitrogens with zero attached hydrogens (tertiary/aromatic N) is 1. The monoisotopic (exact) mass is 494 g/mol. The van der Waals surface area contributed by atoms with Crippen molar-refractivity contribution in [2.24, 2.45) is 5.92 Å². The summed E-state index contributed by atoms with van der Waals surface area (Å²) in [5.74, 6) is -1.17. The Balaban J connectivity index is 1.73. The van der Waals surface area contributed by atoms with Gasteiger partial charge in [0.15, 0.2) is 0 Å². The van der Waals surface area contributed by atoms with Crippen LogP contribution in [0.25, 0.3) is 0 Å². The number of carbonyl (C=O) groups is 1. The number of rotatable bonds is 5. The minimum atomic E-state index is -3.70. The minimum Gasteiger partial charge on any atom is -0.323 e. The molecule has 1 N–H and O–H groups in total. The first-order valence-corrected chi connectivity index (χ1v) is 12.0. The fourth-order valence-corrected chi connectivity index (χ4v) is 6.05. The molecule has 1 heterocycles. The Morgan fingerprint density at radius 2 is 1.55 bits per heavy atom. The summed E-state index contributed by atoms with van der Waals surface area (Å²) in [6.07, 6.45) is 1.12. The van der Waals surface area contributed by atoms with Crippen molar-refractivity contribution >= 4 is 68.0 Å². The first kappa shape index (κ1) is 22.7. The van der Waals surface area contributed by atoms with Crippen molar-refractivity contribution in [3.05, 3.63) is 62.1 Å². The van der Waals surface area contributed by atoms with Crippen LogP contribution in [0.1, 0.15) is 18.4 Å². The number of sulfonamides is 1. The van der Waals surface area contributed by atoms with Gasteiger partial charge in [0.25, 0.3) is 0 Å². The normalized spacial score (nSPS) is 17.9. The van der Waals surface area contributed by atoms with Gasteiger partial charge in [0, 0.05) is 28.7 Å². The predicted octanol–water partition coefficient (Wildman–Crippen LogP) is 5.48. The molecule has 0 bridgehead atoms. The second-order valence-corrected chi connectivity index (χ2v) is 10.3. The Kier molecular flexibility index (Phi) is 7.36. The van der Waals surface area contributed by atoms with Crippen LogP contribution in [-0.4, -0.2) is 31.7 Å². The zero-order valence-electron chi connectivity index (χ0n) is 15.2. The molecule has 1 aliphatic rings. The van der Waals surface area contributed by atoms with Gasteiger partial charge in [-0.1, -0.05) is 58.5 Å². The summed E-state index contributed by atoms with van der Waals surface area (Å²) >= 11 is 24.4. The smallest absolute Gasteiger partial charge is 0.228 e. The van der Waals surface area contributed by atoms with Gasteiger partial charge in [-0.3, -0.25) is 4.79 Å². The van der Waals surface area contributed by atoms with E-state index in [4.69, 9.17) is 46.4 Å². The van der Waals surface area contributed by atoms with Crippen molar-refractivity contribution in [3.63, 3.8) is 0 Å². The lowest BCUT2D eigenvalue weighted by Crippen LogP contribution is -2.44. The van der Waals surface area contributed by atoms with Crippen LogP contribution in [0.3, 0.4) is 0 Å². The number of hydrogen-bond donors (Lipinski definition) is 1. The Labute approximate surface area is 189 Å². The Morgan fingerprint density at radius 3 is 2.14 bits per heavy atom. The van der Waals surface area contributed by atoms with Crippen molar-refractivity contribution in [1.82, 2.24) is 4.31 Å². The molecular weight excluding hydrogens is 478 g/mol. The summed E-state index contributed by atoms with van der Waals surface area (Å²) < 4.78 is 27.2. The number of anilines is 1. The summed E-state index contributed by atoms with van der Waals surface area (Å²) in [6.45, 7) is 0.402. The molecule has 5 nitrogen and oxygen atoms in total. The van der Waals surface area contributed by atoms with Gasteiger partial charge >= 0.3 is 0 Å². The van der Waals surface area contributed by atoms with Gasteiger partial charge in [0.2, 0.25) is 15.9 Å². The topological polar surface area (TPSA) is 66.5 Å². The van der Waals surface area contributed by atoms with Crippen molar-refractivity contribution in [2.45, 2.75) is 18.6 Å². The van der Waals surface area contributed by atoms with E-state index in [1.54, 1.807) is 36.4 Å². The minimum absolute atomic E-state index is 0.0678. The summed E-state index contributed by atoms with van der Waals surface area (Å²) in [6, 6.07) is 9.76. The van der Waals surface area contributed by atoms with E-state index in [1.165, 1.54) is 4.31 Å². The second kappa shape index (κ2) is 9.41. The van der Waals surface area contributed by atoms with Crippen molar-refractivity contribution in [3.8, 4) is 0 Å². The number of piperidine rings is 1. The molecule has 0 radical (unpaired) electrons. The molecule has 1 fully saturated rings. The number of hydrogen-bond acceptors (Lipinski definition) is 3. The first-order chi connectivity index (χ1) is 13.7. The number of nitrogens with one attached hydrogen (secondary N) is 1.